The summed E-state index contributed by atoms with van der Waals surface area (Å²) in [5.41, 5.74) is 2.34. The molecule has 1 aliphatic rings. The molecule has 0 saturated heterocycles. The maximum Gasteiger partial charge on any atom is 0.264 e. The third-order valence-corrected chi connectivity index (χ3v) is 8.78. The molecular weight excluding hydrogens is 553 g/mol. The zero-order chi connectivity index (χ0) is 27.5. The molecule has 0 amide bonds. The van der Waals surface area contributed by atoms with Gasteiger partial charge in [0.2, 0.25) is 16.0 Å². The van der Waals surface area contributed by atoms with Crippen molar-refractivity contribution in [3.63, 3.8) is 0 Å². The zero-order valence-corrected chi connectivity index (χ0v) is 22.6. The fourth-order valence-electron chi connectivity index (χ4n) is 3.74. The maximum absolute atomic E-state index is 13.4. The maximum atomic E-state index is 13.4. The Bertz CT molecular complexity index is 1560. The largest absolute Gasteiger partial charge is 0.264 e. The highest BCUT2D eigenvalue weighted by Gasteiger charge is 2.33. The number of sulfonamides is 2. The minimum atomic E-state index is -4.22. The smallest absolute Gasteiger partial charge is 0.249 e. The molecule has 3 aromatic carbocycles. The van der Waals surface area contributed by atoms with Crippen LogP contribution in [0.3, 0.4) is 0 Å². The molecule has 0 spiro atoms. The first kappa shape index (κ1) is 27.7. The van der Waals surface area contributed by atoms with Crippen molar-refractivity contribution < 1.29 is 21.2 Å². The lowest BCUT2D eigenvalue weighted by atomic mass is 9.91. The van der Waals surface area contributed by atoms with Gasteiger partial charge in [-0.2, -0.15) is 5.10 Å². The van der Waals surface area contributed by atoms with Crippen LogP contribution in [0.1, 0.15) is 24.0 Å². The number of nitrogens with zero attached hydrogens (tertiary/aromatic N) is 3. The first-order chi connectivity index (χ1) is 17.9. The molecule has 0 bridgehead atoms. The highest BCUT2D eigenvalue weighted by atomic mass is 35.5. The molecule has 13 heteroatoms. The number of nitrogens with one attached hydrogen (secondary N) is 1. The summed E-state index contributed by atoms with van der Waals surface area (Å²) in [6.45, 7) is 1.25. The van der Waals surface area contributed by atoms with E-state index in [9.17, 15) is 21.2 Å². The second kappa shape index (κ2) is 11.2. The first-order valence-corrected chi connectivity index (χ1v) is 14.9. The lowest BCUT2D eigenvalue weighted by Crippen LogP contribution is -2.42. The van der Waals surface area contributed by atoms with Crippen LogP contribution in [0.15, 0.2) is 93.9 Å². The minimum Gasteiger partial charge on any atom is -0.249 e. The Kier molecular flexibility index (Phi) is 8.16. The molecule has 4 rings (SSSR count). The number of hydrazone groups is 1. The summed E-state index contributed by atoms with van der Waals surface area (Å²) in [7, 11) is -8.15. The number of nitrogens with two attached hydrogens (primary N) is 1. The highest BCUT2D eigenvalue weighted by Crippen LogP contribution is 2.29. The second-order valence-electron chi connectivity index (χ2n) is 8.66. The van der Waals surface area contributed by atoms with E-state index in [2.05, 4.69) is 14.8 Å². The Hall–Kier alpha value is -3.32. The Morgan fingerprint density at radius 3 is 2.32 bits per heavy atom. The van der Waals surface area contributed by atoms with E-state index in [1.165, 1.54) is 11.9 Å². The van der Waals surface area contributed by atoms with Crippen LogP contribution < -0.4 is 9.86 Å². The summed E-state index contributed by atoms with van der Waals surface area (Å²) in [6.07, 6.45) is 0. The van der Waals surface area contributed by atoms with E-state index in [0.29, 0.717) is 10.7 Å². The highest BCUT2D eigenvalue weighted by molar-refractivity contribution is 7.90. The predicted molar refractivity (Wildman–Crippen MR) is 145 cm³/mol. The van der Waals surface area contributed by atoms with Gasteiger partial charge >= 0.3 is 0 Å². The molecule has 0 fully saturated rings. The number of guanidine groups is 1. The molecule has 0 unspecified atom stereocenters. The van der Waals surface area contributed by atoms with Gasteiger partial charge < -0.3 is 0 Å². The molecule has 38 heavy (non-hydrogen) atoms. The van der Waals surface area contributed by atoms with E-state index >= 15 is 0 Å². The topological polar surface area (TPSA) is 134 Å². The number of hydrogen-bond acceptors (Lipinski definition) is 6. The monoisotopic (exact) mass is 577 g/mol. The van der Waals surface area contributed by atoms with Gasteiger partial charge in [-0.05, 0) is 54.4 Å². The zero-order valence-electron chi connectivity index (χ0n) is 20.2. The Labute approximate surface area is 225 Å². The van der Waals surface area contributed by atoms with E-state index in [-0.39, 0.29) is 29.9 Å². The number of halogens is 2. The van der Waals surface area contributed by atoms with Gasteiger partial charge in [-0.25, -0.2) is 41.1 Å². The molecule has 1 heterocycles. The molecule has 2 atom stereocenters. The number of primary sulfonamides is 1. The lowest BCUT2D eigenvalue weighted by Gasteiger charge is -2.20. The summed E-state index contributed by atoms with van der Waals surface area (Å²) < 4.78 is 65.7. The molecule has 3 aromatic rings. The van der Waals surface area contributed by atoms with E-state index in [4.69, 9.17) is 16.7 Å². The molecule has 0 radical (unpaired) electrons. The van der Waals surface area contributed by atoms with E-state index in [0.717, 1.165) is 35.4 Å². The number of rotatable bonds is 7. The predicted octanol–water partition coefficient (Wildman–Crippen LogP) is 3.29. The van der Waals surface area contributed by atoms with Crippen molar-refractivity contribution in [3.05, 3.63) is 101 Å². The van der Waals surface area contributed by atoms with Crippen LogP contribution in [0.25, 0.3) is 0 Å². The Morgan fingerprint density at radius 1 is 1.08 bits per heavy atom. The van der Waals surface area contributed by atoms with Crippen molar-refractivity contribution >= 4 is 43.3 Å². The lowest BCUT2D eigenvalue weighted by molar-refractivity contribution is 0.460. The normalized spacial score (nSPS) is 17.3. The van der Waals surface area contributed by atoms with Gasteiger partial charge in [0, 0.05) is 10.9 Å². The minimum absolute atomic E-state index is 0.199. The van der Waals surface area contributed by atoms with Crippen LogP contribution in [0.2, 0.25) is 5.02 Å². The van der Waals surface area contributed by atoms with Gasteiger partial charge in [0.1, 0.15) is 5.82 Å². The summed E-state index contributed by atoms with van der Waals surface area (Å²) in [5, 5.41) is 10.8. The van der Waals surface area contributed by atoms with Crippen molar-refractivity contribution in [1.29, 1.82) is 0 Å². The van der Waals surface area contributed by atoms with Crippen molar-refractivity contribution in [2.75, 3.05) is 13.1 Å². The van der Waals surface area contributed by atoms with Gasteiger partial charge in [0.15, 0.2) is 0 Å². The van der Waals surface area contributed by atoms with Crippen LogP contribution in [-0.4, -0.2) is 51.9 Å². The average Bonchev–Trinajstić information content (AvgIpc) is 3.32. The van der Waals surface area contributed by atoms with Crippen LogP contribution in [-0.2, 0) is 20.0 Å². The quantitative estimate of drug-likeness (QED) is 0.328. The Balaban J connectivity index is 1.76. The van der Waals surface area contributed by atoms with Gasteiger partial charge in [0.25, 0.3) is 10.0 Å². The molecule has 0 aromatic heterocycles. The second-order valence-corrected chi connectivity index (χ2v) is 12.8. The van der Waals surface area contributed by atoms with Crippen molar-refractivity contribution in [2.45, 2.75) is 23.0 Å². The number of aliphatic imine (C=N–C) groups is 1. The number of benzene rings is 3. The SMILES string of the molecule is C[C@@H](CN=C(NS(=O)(=O)c1ccc(F)cc1)N1C[C@@H](c2ccccc2)C(c2ccc(Cl)cc2)=N1)S(N)(=O)=O. The molecule has 9 nitrogen and oxygen atoms in total. The fraction of sp³-hybridized carbons (Fsp3) is 0.200. The van der Waals surface area contributed by atoms with Gasteiger partial charge in [-0.1, -0.05) is 54.1 Å². The standard InChI is InChI=1S/C25H25ClFN5O4S2/c1-17(37(28,33)34)15-29-25(31-38(35,36)22-13-11-21(27)12-14-22)32-16-23(18-5-3-2-4-6-18)24(30-32)19-7-9-20(26)10-8-19/h2-14,17,23H,15-16H2,1H3,(H,29,31)(H2,28,33,34)/t17-,23-/m0/s1. The van der Waals surface area contributed by atoms with E-state index in [1.54, 1.807) is 12.1 Å². The molecule has 0 saturated carbocycles. The first-order valence-electron chi connectivity index (χ1n) is 11.5. The molecule has 200 valence electrons. The Morgan fingerprint density at radius 2 is 1.71 bits per heavy atom. The van der Waals surface area contributed by atoms with E-state index < -0.39 is 31.1 Å². The number of hydrogen-bond donors (Lipinski definition) is 2. The summed E-state index contributed by atoms with van der Waals surface area (Å²) in [5.74, 6) is -1.06. The van der Waals surface area contributed by atoms with Gasteiger partial charge in [-0.15, -0.1) is 0 Å². The average molecular weight is 578 g/mol. The van der Waals surface area contributed by atoms with Crippen LogP contribution in [0, 0.1) is 5.82 Å². The van der Waals surface area contributed by atoms with Gasteiger partial charge in [0.05, 0.1) is 28.9 Å². The molecule has 3 N–H and O–H groups in total. The third kappa shape index (κ3) is 6.57. The van der Waals surface area contributed by atoms with Crippen LogP contribution in [0.5, 0.6) is 0 Å². The summed E-state index contributed by atoms with van der Waals surface area (Å²) >= 11 is 6.07. The summed E-state index contributed by atoms with van der Waals surface area (Å²) in [6, 6.07) is 20.9. The van der Waals surface area contributed by atoms with Crippen molar-refractivity contribution in [2.24, 2.45) is 15.2 Å². The van der Waals surface area contributed by atoms with Crippen molar-refractivity contribution in [3.8, 4) is 0 Å². The molecule has 0 aliphatic carbocycles. The van der Waals surface area contributed by atoms with Crippen LogP contribution >= 0.6 is 11.6 Å². The van der Waals surface area contributed by atoms with E-state index in [1.807, 2.05) is 42.5 Å². The van der Waals surface area contributed by atoms with Crippen LogP contribution in [0.4, 0.5) is 4.39 Å². The summed E-state index contributed by atoms with van der Waals surface area (Å²) in [4.78, 5) is 4.06. The van der Waals surface area contributed by atoms with Gasteiger partial charge in [-0.3, -0.25) is 0 Å². The van der Waals surface area contributed by atoms with Crippen molar-refractivity contribution in [1.82, 2.24) is 9.73 Å². The molecular formula is C25H25ClFN5O4S2. The molecule has 1 aliphatic heterocycles. The fourth-order valence-corrected chi connectivity index (χ4v) is 5.17. The third-order valence-electron chi connectivity index (χ3n) is 5.91.